The maximum absolute atomic E-state index is 4.70. The van der Waals surface area contributed by atoms with Crippen molar-refractivity contribution in [2.24, 2.45) is 16.8 Å². The highest BCUT2D eigenvalue weighted by Gasteiger charge is 2.25. The molecule has 0 radical (unpaired) electrons. The molecule has 1 N–H and O–H groups in total. The minimum Gasteiger partial charge on any atom is -0.356 e. The van der Waals surface area contributed by atoms with E-state index in [4.69, 9.17) is 4.98 Å². The molecule has 5 heteroatoms. The number of guanidine groups is 1. The third kappa shape index (κ3) is 5.48. The fraction of sp³-hybridized carbons (Fsp3) is 0.778. The van der Waals surface area contributed by atoms with Crippen molar-refractivity contribution in [2.45, 2.75) is 52.9 Å². The molecule has 0 spiro atoms. The van der Waals surface area contributed by atoms with Crippen LogP contribution in [0.3, 0.4) is 0 Å². The van der Waals surface area contributed by atoms with Gasteiger partial charge in [-0.25, -0.2) is 4.98 Å². The van der Waals surface area contributed by atoms with Crippen molar-refractivity contribution in [1.29, 1.82) is 0 Å². The second-order valence-electron chi connectivity index (χ2n) is 7.29. The number of hydrogen-bond acceptors (Lipinski definition) is 3. The van der Waals surface area contributed by atoms with E-state index < -0.39 is 0 Å². The highest BCUT2D eigenvalue weighted by atomic mass is 32.1. The summed E-state index contributed by atoms with van der Waals surface area (Å²) in [4.78, 5) is 11.6. The van der Waals surface area contributed by atoms with Crippen LogP contribution in [0.4, 0.5) is 0 Å². The van der Waals surface area contributed by atoms with Crippen LogP contribution in [-0.4, -0.2) is 42.5 Å². The normalized spacial score (nSPS) is 19.2. The molecular weight excluding hydrogens is 304 g/mol. The van der Waals surface area contributed by atoms with Gasteiger partial charge in [0.25, 0.3) is 0 Å². The van der Waals surface area contributed by atoms with Gasteiger partial charge in [0.2, 0.25) is 0 Å². The summed E-state index contributed by atoms with van der Waals surface area (Å²) < 4.78 is 0. The minimum atomic E-state index is 0.525. The fourth-order valence-electron chi connectivity index (χ4n) is 3.22. The minimum absolute atomic E-state index is 0.525. The number of nitrogens with zero attached hydrogens (tertiary/aromatic N) is 3. The summed E-state index contributed by atoms with van der Waals surface area (Å²) in [5.74, 6) is 3.18. The van der Waals surface area contributed by atoms with Crippen LogP contribution in [0.5, 0.6) is 0 Å². The number of hydrogen-bond donors (Lipinski definition) is 1. The average molecular weight is 337 g/mol. The Kier molecular flexibility index (Phi) is 6.88. The number of aromatic nitrogens is 1. The summed E-state index contributed by atoms with van der Waals surface area (Å²) in [6, 6.07) is 0. The Morgan fingerprint density at radius 2 is 2.22 bits per heavy atom. The van der Waals surface area contributed by atoms with E-state index >= 15 is 0 Å². The first kappa shape index (κ1) is 18.2. The molecule has 0 bridgehead atoms. The summed E-state index contributed by atoms with van der Waals surface area (Å²) in [6.07, 6.45) is 3.58. The number of rotatable bonds is 6. The van der Waals surface area contributed by atoms with Gasteiger partial charge in [0.05, 0.1) is 10.7 Å². The summed E-state index contributed by atoms with van der Waals surface area (Å²) >= 11 is 1.77. The molecule has 1 fully saturated rings. The predicted molar refractivity (Wildman–Crippen MR) is 100 cm³/mol. The molecule has 2 rings (SSSR count). The van der Waals surface area contributed by atoms with Gasteiger partial charge in [0, 0.05) is 44.4 Å². The van der Waals surface area contributed by atoms with Crippen molar-refractivity contribution < 1.29 is 0 Å². The molecule has 1 saturated heterocycles. The lowest BCUT2D eigenvalue weighted by atomic mass is 9.97. The Balaban J connectivity index is 1.77. The number of aliphatic imine (C=N–C) groups is 1. The van der Waals surface area contributed by atoms with E-state index in [1.807, 2.05) is 7.05 Å². The number of likely N-dealkylation sites (tertiary alicyclic amines) is 1. The summed E-state index contributed by atoms with van der Waals surface area (Å²) in [7, 11) is 1.89. The van der Waals surface area contributed by atoms with E-state index in [1.165, 1.54) is 23.5 Å². The molecule has 1 atom stereocenters. The molecule has 1 aromatic heterocycles. The largest absolute Gasteiger partial charge is 0.356 e. The topological polar surface area (TPSA) is 40.5 Å². The predicted octanol–water partition coefficient (Wildman–Crippen LogP) is 3.75. The highest BCUT2D eigenvalue weighted by molar-refractivity contribution is 7.09. The smallest absolute Gasteiger partial charge is 0.193 e. The maximum Gasteiger partial charge on any atom is 0.193 e. The Morgan fingerprint density at radius 1 is 1.43 bits per heavy atom. The molecule has 1 unspecified atom stereocenters. The Morgan fingerprint density at radius 3 is 2.83 bits per heavy atom. The Hall–Kier alpha value is -1.10. The van der Waals surface area contributed by atoms with Gasteiger partial charge in [0.15, 0.2) is 5.96 Å². The van der Waals surface area contributed by atoms with Gasteiger partial charge in [-0.05, 0) is 24.7 Å². The van der Waals surface area contributed by atoms with Crippen LogP contribution in [0.15, 0.2) is 10.4 Å². The van der Waals surface area contributed by atoms with E-state index in [1.54, 1.807) is 11.3 Å². The zero-order chi connectivity index (χ0) is 16.8. The van der Waals surface area contributed by atoms with Crippen LogP contribution < -0.4 is 5.32 Å². The van der Waals surface area contributed by atoms with Crippen LogP contribution in [0.1, 0.15) is 57.2 Å². The molecule has 1 aliphatic heterocycles. The molecular formula is C18H32N4S. The van der Waals surface area contributed by atoms with E-state index in [0.717, 1.165) is 43.9 Å². The van der Waals surface area contributed by atoms with Crippen molar-refractivity contribution in [1.82, 2.24) is 15.2 Å². The quantitative estimate of drug-likeness (QED) is 0.635. The third-order valence-corrected chi connectivity index (χ3v) is 5.52. The average Bonchev–Trinajstić information content (AvgIpc) is 3.12. The van der Waals surface area contributed by atoms with Crippen molar-refractivity contribution in [3.63, 3.8) is 0 Å². The lowest BCUT2D eigenvalue weighted by Gasteiger charge is -2.22. The van der Waals surface area contributed by atoms with Crippen LogP contribution in [0.25, 0.3) is 0 Å². The maximum atomic E-state index is 4.70. The second kappa shape index (κ2) is 8.67. The second-order valence-corrected chi connectivity index (χ2v) is 8.18. The van der Waals surface area contributed by atoms with Crippen molar-refractivity contribution in [3.05, 3.63) is 16.1 Å². The molecule has 4 nitrogen and oxygen atoms in total. The summed E-state index contributed by atoms with van der Waals surface area (Å²) in [6.45, 7) is 12.2. The van der Waals surface area contributed by atoms with Crippen LogP contribution in [0, 0.1) is 11.8 Å². The molecule has 0 aliphatic carbocycles. The molecule has 0 amide bonds. The van der Waals surface area contributed by atoms with E-state index in [2.05, 4.69) is 48.3 Å². The first-order valence-electron chi connectivity index (χ1n) is 8.89. The molecule has 2 heterocycles. The number of thiazole rings is 1. The van der Waals surface area contributed by atoms with Gasteiger partial charge in [-0.3, -0.25) is 4.99 Å². The Labute approximate surface area is 145 Å². The first-order chi connectivity index (χ1) is 11.0. The van der Waals surface area contributed by atoms with E-state index in [9.17, 15) is 0 Å². The standard InChI is InChI=1S/C18H32N4S/c1-13(2)10-15-7-9-22(11-15)18(19-5)20-8-6-16-12-23-17(21-16)14(3)4/h12-15H,6-11H2,1-5H3,(H,19,20). The highest BCUT2D eigenvalue weighted by Crippen LogP contribution is 2.23. The lowest BCUT2D eigenvalue weighted by molar-refractivity contribution is 0.403. The van der Waals surface area contributed by atoms with Crippen LogP contribution in [0.2, 0.25) is 0 Å². The van der Waals surface area contributed by atoms with Crippen LogP contribution in [-0.2, 0) is 6.42 Å². The van der Waals surface area contributed by atoms with E-state index in [0.29, 0.717) is 5.92 Å². The zero-order valence-corrected chi connectivity index (χ0v) is 16.1. The van der Waals surface area contributed by atoms with Gasteiger partial charge in [-0.2, -0.15) is 0 Å². The lowest BCUT2D eigenvalue weighted by Crippen LogP contribution is -2.40. The van der Waals surface area contributed by atoms with Gasteiger partial charge >= 0.3 is 0 Å². The van der Waals surface area contributed by atoms with Crippen molar-refractivity contribution >= 4 is 17.3 Å². The third-order valence-electron chi connectivity index (χ3n) is 4.33. The molecule has 1 aliphatic rings. The van der Waals surface area contributed by atoms with Gasteiger partial charge in [-0.1, -0.05) is 27.7 Å². The zero-order valence-electron chi connectivity index (χ0n) is 15.3. The van der Waals surface area contributed by atoms with Gasteiger partial charge in [-0.15, -0.1) is 11.3 Å². The summed E-state index contributed by atoms with van der Waals surface area (Å²) in [5, 5.41) is 6.94. The van der Waals surface area contributed by atoms with E-state index in [-0.39, 0.29) is 0 Å². The fourth-order valence-corrected chi connectivity index (χ4v) is 4.09. The monoisotopic (exact) mass is 336 g/mol. The van der Waals surface area contributed by atoms with Gasteiger partial charge in [0.1, 0.15) is 0 Å². The van der Waals surface area contributed by atoms with Crippen LogP contribution >= 0.6 is 11.3 Å². The summed E-state index contributed by atoms with van der Waals surface area (Å²) in [5.41, 5.74) is 1.20. The first-order valence-corrected chi connectivity index (χ1v) is 9.77. The molecule has 1 aromatic rings. The Bertz CT molecular complexity index is 507. The molecule has 130 valence electrons. The van der Waals surface area contributed by atoms with Crippen molar-refractivity contribution in [3.8, 4) is 0 Å². The van der Waals surface area contributed by atoms with Gasteiger partial charge < -0.3 is 10.2 Å². The molecule has 0 aromatic carbocycles. The molecule has 0 saturated carbocycles. The molecule has 23 heavy (non-hydrogen) atoms. The number of nitrogens with one attached hydrogen (secondary N) is 1. The SMILES string of the molecule is CN=C(NCCc1csc(C(C)C)n1)N1CCC(CC(C)C)C1. The van der Waals surface area contributed by atoms with Crippen molar-refractivity contribution in [2.75, 3.05) is 26.7 Å².